The van der Waals surface area contributed by atoms with Crippen LogP contribution in [0.4, 0.5) is 0 Å². The van der Waals surface area contributed by atoms with Crippen LogP contribution in [0.5, 0.6) is 0 Å². The van der Waals surface area contributed by atoms with Gasteiger partial charge in [-0.2, -0.15) is 0 Å². The second kappa shape index (κ2) is 3.70. The zero-order valence-corrected chi connectivity index (χ0v) is 9.37. The topological polar surface area (TPSA) is 26.3 Å². The van der Waals surface area contributed by atoms with Crippen LogP contribution < -0.4 is 0 Å². The van der Waals surface area contributed by atoms with E-state index in [9.17, 15) is 4.79 Å². The Bertz CT molecular complexity index is 424. The molecule has 1 fully saturated rings. The van der Waals surface area contributed by atoms with Crippen molar-refractivity contribution in [2.24, 2.45) is 0 Å². The van der Waals surface area contributed by atoms with E-state index in [1.54, 1.807) is 0 Å². The molecule has 0 N–H and O–H groups in total. The largest absolute Gasteiger partial charge is 0.369 e. The van der Waals surface area contributed by atoms with Crippen molar-refractivity contribution in [2.75, 3.05) is 6.61 Å². The minimum atomic E-state index is -0.288. The second-order valence-electron chi connectivity index (χ2n) is 4.82. The smallest absolute Gasteiger partial charge is 0.136 e. The van der Waals surface area contributed by atoms with Gasteiger partial charge in [-0.15, -0.1) is 0 Å². The van der Waals surface area contributed by atoms with E-state index in [0.717, 1.165) is 32.3 Å². The molecular weight excluding hydrogens is 200 g/mol. The van der Waals surface area contributed by atoms with Crippen molar-refractivity contribution in [3.63, 3.8) is 0 Å². The first-order chi connectivity index (χ1) is 7.80. The predicted molar refractivity (Wildman–Crippen MR) is 61.3 cm³/mol. The Morgan fingerprint density at radius 2 is 2.06 bits per heavy atom. The molecule has 1 aliphatic carbocycles. The molecule has 0 bridgehead atoms. The van der Waals surface area contributed by atoms with E-state index >= 15 is 0 Å². The summed E-state index contributed by atoms with van der Waals surface area (Å²) in [5, 5.41) is 0. The summed E-state index contributed by atoms with van der Waals surface area (Å²) in [6, 6.07) is 8.42. The van der Waals surface area contributed by atoms with E-state index in [0.29, 0.717) is 12.2 Å². The molecule has 1 atom stereocenters. The van der Waals surface area contributed by atoms with Crippen LogP contribution in [0.3, 0.4) is 0 Å². The molecule has 3 rings (SSSR count). The SMILES string of the molecule is O=C1CCCC2(C1)OCCc1ccccc12. The number of carbonyl (C=O) groups is 1. The fourth-order valence-corrected chi connectivity index (χ4v) is 3.04. The third-order valence-corrected chi connectivity index (χ3v) is 3.78. The molecule has 1 spiro atoms. The van der Waals surface area contributed by atoms with Gasteiger partial charge in [-0.25, -0.2) is 0 Å². The van der Waals surface area contributed by atoms with Gasteiger partial charge in [-0.05, 0) is 30.4 Å². The molecule has 2 heteroatoms. The van der Waals surface area contributed by atoms with Crippen molar-refractivity contribution in [1.29, 1.82) is 0 Å². The van der Waals surface area contributed by atoms with Crippen molar-refractivity contribution < 1.29 is 9.53 Å². The highest BCUT2D eigenvalue weighted by molar-refractivity contribution is 5.80. The summed E-state index contributed by atoms with van der Waals surface area (Å²) in [5.74, 6) is 0.350. The van der Waals surface area contributed by atoms with Gasteiger partial charge in [-0.1, -0.05) is 24.3 Å². The van der Waals surface area contributed by atoms with Crippen molar-refractivity contribution in [3.05, 3.63) is 35.4 Å². The van der Waals surface area contributed by atoms with Gasteiger partial charge in [0, 0.05) is 12.8 Å². The molecule has 0 saturated heterocycles. The average molecular weight is 216 g/mol. The number of Topliss-reactive ketones (excluding diaryl/α,β-unsaturated/α-hetero) is 1. The number of fused-ring (bicyclic) bond motifs is 2. The zero-order valence-electron chi connectivity index (χ0n) is 9.37. The van der Waals surface area contributed by atoms with E-state index < -0.39 is 0 Å². The first-order valence-electron chi connectivity index (χ1n) is 6.04. The van der Waals surface area contributed by atoms with Crippen LogP contribution in [0.2, 0.25) is 0 Å². The first-order valence-corrected chi connectivity index (χ1v) is 6.04. The molecule has 0 radical (unpaired) electrons. The summed E-state index contributed by atoms with van der Waals surface area (Å²) in [6.07, 6.45) is 4.24. The fraction of sp³-hybridized carbons (Fsp3) is 0.500. The second-order valence-corrected chi connectivity index (χ2v) is 4.82. The maximum atomic E-state index is 11.7. The average Bonchev–Trinajstić information content (AvgIpc) is 2.30. The Hall–Kier alpha value is -1.15. The van der Waals surface area contributed by atoms with Crippen LogP contribution >= 0.6 is 0 Å². The summed E-state index contributed by atoms with van der Waals surface area (Å²) >= 11 is 0. The van der Waals surface area contributed by atoms with E-state index in [2.05, 4.69) is 18.2 Å². The molecule has 1 aromatic rings. The van der Waals surface area contributed by atoms with Crippen LogP contribution in [-0.4, -0.2) is 12.4 Å². The van der Waals surface area contributed by atoms with E-state index in [-0.39, 0.29) is 5.60 Å². The van der Waals surface area contributed by atoms with E-state index in [4.69, 9.17) is 4.74 Å². The maximum absolute atomic E-state index is 11.7. The number of benzene rings is 1. The Morgan fingerprint density at radius 3 is 2.94 bits per heavy atom. The highest BCUT2D eigenvalue weighted by Gasteiger charge is 2.41. The van der Waals surface area contributed by atoms with Gasteiger partial charge in [0.1, 0.15) is 11.4 Å². The number of rotatable bonds is 0. The highest BCUT2D eigenvalue weighted by atomic mass is 16.5. The van der Waals surface area contributed by atoms with Gasteiger partial charge in [0.25, 0.3) is 0 Å². The predicted octanol–water partition coefficient (Wildman–Crippen LogP) is 2.60. The molecule has 84 valence electrons. The Morgan fingerprint density at radius 1 is 1.19 bits per heavy atom. The van der Waals surface area contributed by atoms with Gasteiger partial charge in [-0.3, -0.25) is 4.79 Å². The number of hydrogen-bond donors (Lipinski definition) is 0. The molecule has 16 heavy (non-hydrogen) atoms. The fourth-order valence-electron chi connectivity index (χ4n) is 3.04. The van der Waals surface area contributed by atoms with Crippen molar-refractivity contribution in [3.8, 4) is 0 Å². The summed E-state index contributed by atoms with van der Waals surface area (Å²) < 4.78 is 5.98. The van der Waals surface area contributed by atoms with Crippen LogP contribution in [0, 0.1) is 0 Å². The molecule has 1 aromatic carbocycles. The Kier molecular flexibility index (Phi) is 2.32. The third-order valence-electron chi connectivity index (χ3n) is 3.78. The van der Waals surface area contributed by atoms with Crippen LogP contribution in [0.25, 0.3) is 0 Å². The molecule has 0 amide bonds. The number of carbonyl (C=O) groups excluding carboxylic acids is 1. The first kappa shape index (κ1) is 10.0. The summed E-state index contributed by atoms with van der Waals surface area (Å²) in [5.41, 5.74) is 2.34. The van der Waals surface area contributed by atoms with Gasteiger partial charge in [0.2, 0.25) is 0 Å². The minimum absolute atomic E-state index is 0.288. The van der Waals surface area contributed by atoms with Crippen LogP contribution in [0.1, 0.15) is 36.8 Å². The molecule has 1 saturated carbocycles. The molecule has 1 aliphatic heterocycles. The Balaban J connectivity index is 2.05. The molecule has 2 nitrogen and oxygen atoms in total. The summed E-state index contributed by atoms with van der Waals surface area (Å²) in [6.45, 7) is 0.754. The van der Waals surface area contributed by atoms with E-state index in [1.807, 2.05) is 6.07 Å². The van der Waals surface area contributed by atoms with E-state index in [1.165, 1.54) is 11.1 Å². The standard InChI is InChI=1S/C14H16O2/c15-12-5-3-8-14(10-12)13-6-2-1-4-11(13)7-9-16-14/h1-2,4,6H,3,5,7-10H2. The third kappa shape index (κ3) is 1.49. The molecular formula is C14H16O2. The number of hydrogen-bond acceptors (Lipinski definition) is 2. The highest BCUT2D eigenvalue weighted by Crippen LogP contribution is 2.43. The normalized spacial score (nSPS) is 29.1. The zero-order chi connectivity index (χ0) is 11.0. The van der Waals surface area contributed by atoms with Gasteiger partial charge in [0.05, 0.1) is 6.61 Å². The van der Waals surface area contributed by atoms with Gasteiger partial charge >= 0.3 is 0 Å². The lowest BCUT2D eigenvalue weighted by Crippen LogP contribution is -2.40. The lowest BCUT2D eigenvalue weighted by molar-refractivity contribution is -0.136. The van der Waals surface area contributed by atoms with Crippen molar-refractivity contribution in [2.45, 2.75) is 37.7 Å². The quantitative estimate of drug-likeness (QED) is 0.666. The summed E-state index contributed by atoms with van der Waals surface area (Å²) in [4.78, 5) is 11.7. The van der Waals surface area contributed by atoms with Crippen LogP contribution in [0.15, 0.2) is 24.3 Å². The maximum Gasteiger partial charge on any atom is 0.136 e. The monoisotopic (exact) mass is 216 g/mol. The Labute approximate surface area is 95.6 Å². The molecule has 0 aromatic heterocycles. The van der Waals surface area contributed by atoms with Crippen LogP contribution in [-0.2, 0) is 21.6 Å². The molecule has 1 heterocycles. The lowest BCUT2D eigenvalue weighted by Gasteiger charge is -2.41. The van der Waals surface area contributed by atoms with Crippen molar-refractivity contribution in [1.82, 2.24) is 0 Å². The lowest BCUT2D eigenvalue weighted by atomic mass is 9.75. The number of ketones is 1. The number of ether oxygens (including phenoxy) is 1. The van der Waals surface area contributed by atoms with Gasteiger partial charge < -0.3 is 4.74 Å². The summed E-state index contributed by atoms with van der Waals surface area (Å²) in [7, 11) is 0. The van der Waals surface area contributed by atoms with Gasteiger partial charge in [0.15, 0.2) is 0 Å². The minimum Gasteiger partial charge on any atom is -0.369 e. The molecule has 1 unspecified atom stereocenters. The molecule has 2 aliphatic rings. The van der Waals surface area contributed by atoms with Crippen molar-refractivity contribution >= 4 is 5.78 Å².